The van der Waals surface area contributed by atoms with Crippen molar-refractivity contribution in [2.45, 2.75) is 33.2 Å². The molecule has 0 saturated carbocycles. The lowest BCUT2D eigenvalue weighted by atomic mass is 10.1. The monoisotopic (exact) mass is 316 g/mol. The number of carbonyl (C=O) groups excluding carboxylic acids is 1. The number of aryl methyl sites for hydroxylation is 1. The largest absolute Gasteiger partial charge is 0.323 e. The van der Waals surface area contributed by atoms with E-state index in [0.29, 0.717) is 28.4 Å². The summed E-state index contributed by atoms with van der Waals surface area (Å²) in [5.74, 6) is -0.215. The molecule has 0 aliphatic heterocycles. The fraction of sp³-hybridized carbons (Fsp3) is 0.312. The van der Waals surface area contributed by atoms with Gasteiger partial charge in [0.2, 0.25) is 5.91 Å². The summed E-state index contributed by atoms with van der Waals surface area (Å²) in [5, 5.41) is 16.8. The minimum Gasteiger partial charge on any atom is -0.323 e. The van der Waals surface area contributed by atoms with Gasteiger partial charge in [-0.15, -0.1) is 0 Å². The van der Waals surface area contributed by atoms with Crippen LogP contribution in [-0.2, 0) is 4.79 Å². The van der Waals surface area contributed by atoms with E-state index in [-0.39, 0.29) is 5.91 Å². The Bertz CT molecular complexity index is 745. The zero-order valence-corrected chi connectivity index (χ0v) is 13.5. The Hall–Kier alpha value is -2.32. The van der Waals surface area contributed by atoms with E-state index in [4.69, 9.17) is 16.9 Å². The SMILES string of the molecule is CC[C@H](C(=O)Nc1ccccc1C#N)n1nc(C)c(Cl)c1C. The first-order chi connectivity index (χ1) is 10.5. The van der Waals surface area contributed by atoms with Crippen LogP contribution in [0.1, 0.15) is 36.3 Å². The van der Waals surface area contributed by atoms with Crippen molar-refractivity contribution < 1.29 is 4.79 Å². The highest BCUT2D eigenvalue weighted by molar-refractivity contribution is 6.31. The fourth-order valence-corrected chi connectivity index (χ4v) is 2.45. The van der Waals surface area contributed by atoms with Crippen LogP contribution in [0.25, 0.3) is 0 Å². The van der Waals surface area contributed by atoms with Gasteiger partial charge in [0, 0.05) is 0 Å². The smallest absolute Gasteiger partial charge is 0.249 e. The average molecular weight is 317 g/mol. The molecule has 0 spiro atoms. The van der Waals surface area contributed by atoms with Crippen LogP contribution >= 0.6 is 11.6 Å². The third-order valence-electron chi connectivity index (χ3n) is 3.53. The third-order valence-corrected chi connectivity index (χ3v) is 4.07. The van der Waals surface area contributed by atoms with Gasteiger partial charge in [0.15, 0.2) is 0 Å². The van der Waals surface area contributed by atoms with Crippen molar-refractivity contribution in [3.63, 3.8) is 0 Å². The summed E-state index contributed by atoms with van der Waals surface area (Å²) in [7, 11) is 0. The van der Waals surface area contributed by atoms with E-state index < -0.39 is 6.04 Å². The third kappa shape index (κ3) is 2.97. The Kier molecular flexibility index (Phi) is 4.84. The van der Waals surface area contributed by atoms with Crippen molar-refractivity contribution >= 4 is 23.2 Å². The molecule has 0 fully saturated rings. The number of benzene rings is 1. The first-order valence-corrected chi connectivity index (χ1v) is 7.38. The number of nitrogens with zero attached hydrogens (tertiary/aromatic N) is 3. The lowest BCUT2D eigenvalue weighted by molar-refractivity contribution is -0.119. The molecule has 1 N–H and O–H groups in total. The van der Waals surface area contributed by atoms with Crippen molar-refractivity contribution in [2.24, 2.45) is 0 Å². The second-order valence-corrected chi connectivity index (χ2v) is 5.38. The highest BCUT2D eigenvalue weighted by Crippen LogP contribution is 2.25. The van der Waals surface area contributed by atoms with Gasteiger partial charge in [-0.1, -0.05) is 30.7 Å². The summed E-state index contributed by atoms with van der Waals surface area (Å²) in [6.07, 6.45) is 0.568. The number of nitriles is 1. The van der Waals surface area contributed by atoms with E-state index in [1.54, 1.807) is 35.9 Å². The van der Waals surface area contributed by atoms with Crippen molar-refractivity contribution in [1.29, 1.82) is 5.26 Å². The normalized spacial score (nSPS) is 11.8. The summed E-state index contributed by atoms with van der Waals surface area (Å²) >= 11 is 6.15. The van der Waals surface area contributed by atoms with Gasteiger partial charge in [0.05, 0.1) is 27.7 Å². The zero-order valence-electron chi connectivity index (χ0n) is 12.7. The minimum absolute atomic E-state index is 0.215. The van der Waals surface area contributed by atoms with E-state index in [1.807, 2.05) is 13.8 Å². The fourth-order valence-electron chi connectivity index (χ4n) is 2.32. The van der Waals surface area contributed by atoms with E-state index in [2.05, 4.69) is 16.5 Å². The molecule has 2 rings (SSSR count). The van der Waals surface area contributed by atoms with Crippen LogP contribution in [0.2, 0.25) is 5.02 Å². The number of para-hydroxylation sites is 1. The maximum atomic E-state index is 12.6. The summed E-state index contributed by atoms with van der Waals surface area (Å²) in [4.78, 5) is 12.6. The Labute approximate surface area is 134 Å². The molecule has 5 nitrogen and oxygen atoms in total. The molecule has 1 aromatic heterocycles. The molecule has 0 radical (unpaired) electrons. The Morgan fingerprint density at radius 2 is 2.14 bits per heavy atom. The van der Waals surface area contributed by atoms with Gasteiger partial charge in [-0.3, -0.25) is 9.48 Å². The molecule has 2 aromatic rings. The summed E-state index contributed by atoms with van der Waals surface area (Å²) < 4.78 is 1.64. The molecule has 114 valence electrons. The van der Waals surface area contributed by atoms with Gasteiger partial charge in [0.25, 0.3) is 0 Å². The molecular formula is C16H17ClN4O. The summed E-state index contributed by atoms with van der Waals surface area (Å²) in [6.45, 7) is 5.55. The van der Waals surface area contributed by atoms with Gasteiger partial charge in [-0.25, -0.2) is 0 Å². The quantitative estimate of drug-likeness (QED) is 0.936. The second-order valence-electron chi connectivity index (χ2n) is 5.00. The number of nitrogens with one attached hydrogen (secondary N) is 1. The topological polar surface area (TPSA) is 70.7 Å². The number of carbonyl (C=O) groups is 1. The van der Waals surface area contributed by atoms with Crippen LogP contribution < -0.4 is 5.32 Å². The summed E-state index contributed by atoms with van der Waals surface area (Å²) in [5.41, 5.74) is 2.38. The average Bonchev–Trinajstić information content (AvgIpc) is 2.76. The van der Waals surface area contributed by atoms with Crippen molar-refractivity contribution in [3.05, 3.63) is 46.2 Å². The number of anilines is 1. The van der Waals surface area contributed by atoms with Crippen LogP contribution in [-0.4, -0.2) is 15.7 Å². The zero-order chi connectivity index (χ0) is 16.3. The van der Waals surface area contributed by atoms with Gasteiger partial charge < -0.3 is 5.32 Å². The van der Waals surface area contributed by atoms with Crippen LogP contribution in [0.4, 0.5) is 5.69 Å². The van der Waals surface area contributed by atoms with Gasteiger partial charge in [-0.05, 0) is 32.4 Å². The predicted octanol–water partition coefficient (Wildman–Crippen LogP) is 3.61. The molecular weight excluding hydrogens is 300 g/mol. The second kappa shape index (κ2) is 6.63. The molecule has 0 aliphatic rings. The summed E-state index contributed by atoms with van der Waals surface area (Å²) in [6, 6.07) is 8.49. The van der Waals surface area contributed by atoms with Crippen LogP contribution in [0.3, 0.4) is 0 Å². The van der Waals surface area contributed by atoms with Crippen molar-refractivity contribution in [1.82, 2.24) is 9.78 Å². The highest BCUT2D eigenvalue weighted by atomic mass is 35.5. The predicted molar refractivity (Wildman–Crippen MR) is 85.8 cm³/mol. The van der Waals surface area contributed by atoms with Crippen LogP contribution in [0, 0.1) is 25.2 Å². The minimum atomic E-state index is -0.474. The Morgan fingerprint density at radius 1 is 1.45 bits per heavy atom. The number of rotatable bonds is 4. The number of amides is 1. The molecule has 1 heterocycles. The molecule has 1 amide bonds. The first-order valence-electron chi connectivity index (χ1n) is 7.00. The van der Waals surface area contributed by atoms with Crippen molar-refractivity contribution in [3.8, 4) is 6.07 Å². The molecule has 0 aliphatic carbocycles. The lowest BCUT2D eigenvalue weighted by Crippen LogP contribution is -2.27. The van der Waals surface area contributed by atoms with Gasteiger partial charge >= 0.3 is 0 Å². The Balaban J connectivity index is 2.30. The number of halogens is 1. The van der Waals surface area contributed by atoms with E-state index in [9.17, 15) is 4.79 Å². The van der Waals surface area contributed by atoms with E-state index in [1.165, 1.54) is 0 Å². The van der Waals surface area contributed by atoms with Crippen molar-refractivity contribution in [2.75, 3.05) is 5.32 Å². The lowest BCUT2D eigenvalue weighted by Gasteiger charge is -2.17. The molecule has 22 heavy (non-hydrogen) atoms. The molecule has 0 unspecified atom stereocenters. The molecule has 1 aromatic carbocycles. The maximum Gasteiger partial charge on any atom is 0.249 e. The first kappa shape index (κ1) is 16.1. The maximum absolute atomic E-state index is 12.6. The van der Waals surface area contributed by atoms with E-state index >= 15 is 0 Å². The molecule has 1 atom stereocenters. The standard InChI is InChI=1S/C16H17ClN4O/c1-4-14(21-11(3)15(17)10(2)20-21)16(22)19-13-8-6-5-7-12(13)9-18/h5-8,14H,4H2,1-3H3,(H,19,22)/t14-/m1/s1. The van der Waals surface area contributed by atoms with E-state index in [0.717, 1.165) is 5.69 Å². The Morgan fingerprint density at radius 3 is 2.68 bits per heavy atom. The number of hydrogen-bond donors (Lipinski definition) is 1. The van der Waals surface area contributed by atoms with Gasteiger partial charge in [0.1, 0.15) is 12.1 Å². The highest BCUT2D eigenvalue weighted by Gasteiger charge is 2.23. The van der Waals surface area contributed by atoms with Gasteiger partial charge in [-0.2, -0.15) is 10.4 Å². The number of aromatic nitrogens is 2. The molecule has 6 heteroatoms. The van der Waals surface area contributed by atoms with Crippen LogP contribution in [0.15, 0.2) is 24.3 Å². The van der Waals surface area contributed by atoms with Crippen LogP contribution in [0.5, 0.6) is 0 Å². The molecule has 0 bridgehead atoms. The molecule has 0 saturated heterocycles. The number of hydrogen-bond acceptors (Lipinski definition) is 3.